The smallest absolute Gasteiger partial charge is 0.146 e. The molecule has 0 radical (unpaired) electrons. The van der Waals surface area contributed by atoms with Crippen molar-refractivity contribution in [3.05, 3.63) is 22.1 Å². The summed E-state index contributed by atoms with van der Waals surface area (Å²) in [5, 5.41) is 1.30. The largest absolute Gasteiger partial charge is 0.328 e. The van der Waals surface area contributed by atoms with Crippen LogP contribution in [0.15, 0.2) is 17.0 Å². The van der Waals surface area contributed by atoms with E-state index in [-0.39, 0.29) is 5.92 Å². The summed E-state index contributed by atoms with van der Waals surface area (Å²) in [4.78, 5) is 19.1. The molecule has 2 unspecified atom stereocenters. The molecule has 2 aromatic heterocycles. The van der Waals surface area contributed by atoms with Crippen molar-refractivity contribution in [3.8, 4) is 0 Å². The first kappa shape index (κ1) is 12.1. The summed E-state index contributed by atoms with van der Waals surface area (Å²) in [5.41, 5.74) is 0.832. The van der Waals surface area contributed by atoms with E-state index >= 15 is 0 Å². The lowest BCUT2D eigenvalue weighted by Crippen LogP contribution is -2.05. The Labute approximate surface area is 117 Å². The van der Waals surface area contributed by atoms with E-state index in [4.69, 9.17) is 11.6 Å². The van der Waals surface area contributed by atoms with E-state index in [0.29, 0.717) is 11.2 Å². The SMILES string of the molecule is O=CC1CCC(n2cc(Br)c3c(Cl)ncnc32)C1. The molecule has 1 aliphatic carbocycles. The van der Waals surface area contributed by atoms with Crippen molar-refractivity contribution in [2.45, 2.75) is 25.3 Å². The Hall–Kier alpha value is -0.940. The second kappa shape index (κ2) is 4.63. The van der Waals surface area contributed by atoms with E-state index in [0.717, 1.165) is 41.1 Å². The van der Waals surface area contributed by atoms with Crippen molar-refractivity contribution >= 4 is 44.9 Å². The highest BCUT2D eigenvalue weighted by Gasteiger charge is 2.27. The Morgan fingerprint density at radius 3 is 3.00 bits per heavy atom. The van der Waals surface area contributed by atoms with Gasteiger partial charge in [-0.15, -0.1) is 0 Å². The highest BCUT2D eigenvalue weighted by Crippen LogP contribution is 2.38. The van der Waals surface area contributed by atoms with Gasteiger partial charge in [0.25, 0.3) is 0 Å². The summed E-state index contributed by atoms with van der Waals surface area (Å²) in [6, 6.07) is 0.319. The number of aldehydes is 1. The van der Waals surface area contributed by atoms with Crippen molar-refractivity contribution < 1.29 is 4.79 Å². The number of carbonyl (C=O) groups excluding carboxylic acids is 1. The van der Waals surface area contributed by atoms with Gasteiger partial charge in [0, 0.05) is 22.6 Å². The van der Waals surface area contributed by atoms with Crippen LogP contribution in [0, 0.1) is 5.92 Å². The second-order valence-electron chi connectivity index (χ2n) is 4.61. The number of aromatic nitrogens is 3. The van der Waals surface area contributed by atoms with Gasteiger partial charge in [0.05, 0.1) is 5.39 Å². The minimum atomic E-state index is 0.170. The minimum absolute atomic E-state index is 0.170. The number of halogens is 2. The van der Waals surface area contributed by atoms with Gasteiger partial charge in [0.1, 0.15) is 23.4 Å². The Balaban J connectivity index is 2.08. The maximum atomic E-state index is 10.8. The molecule has 1 fully saturated rings. The van der Waals surface area contributed by atoms with E-state index in [1.165, 1.54) is 6.33 Å². The number of carbonyl (C=O) groups is 1. The lowest BCUT2D eigenvalue weighted by Gasteiger charge is -2.12. The Morgan fingerprint density at radius 1 is 1.44 bits per heavy atom. The fourth-order valence-corrected chi connectivity index (χ4v) is 3.58. The zero-order valence-electron chi connectivity index (χ0n) is 9.51. The molecule has 94 valence electrons. The molecule has 0 N–H and O–H groups in total. The summed E-state index contributed by atoms with van der Waals surface area (Å²) in [5.74, 6) is 0.170. The van der Waals surface area contributed by atoms with Crippen LogP contribution in [0.5, 0.6) is 0 Å². The molecule has 0 saturated heterocycles. The van der Waals surface area contributed by atoms with E-state index in [2.05, 4.69) is 30.5 Å². The normalized spacial score (nSPS) is 23.7. The first-order chi connectivity index (χ1) is 8.70. The van der Waals surface area contributed by atoms with Gasteiger partial charge in [-0.2, -0.15) is 0 Å². The highest BCUT2D eigenvalue weighted by atomic mass is 79.9. The van der Waals surface area contributed by atoms with Crippen molar-refractivity contribution in [1.82, 2.24) is 14.5 Å². The third kappa shape index (κ3) is 1.86. The molecule has 2 aromatic rings. The van der Waals surface area contributed by atoms with Crippen molar-refractivity contribution in [3.63, 3.8) is 0 Å². The zero-order chi connectivity index (χ0) is 12.7. The van der Waals surface area contributed by atoms with Crippen LogP contribution < -0.4 is 0 Å². The van der Waals surface area contributed by atoms with Crippen LogP contribution in [0.3, 0.4) is 0 Å². The molecule has 0 aliphatic heterocycles. The molecule has 18 heavy (non-hydrogen) atoms. The number of hydrogen-bond acceptors (Lipinski definition) is 3. The lowest BCUT2D eigenvalue weighted by atomic mass is 10.1. The first-order valence-corrected chi connectivity index (χ1v) is 6.99. The Bertz CT molecular complexity index is 613. The van der Waals surface area contributed by atoms with Crippen LogP contribution in [0.4, 0.5) is 0 Å². The van der Waals surface area contributed by atoms with Gasteiger partial charge in [0.2, 0.25) is 0 Å². The molecule has 4 nitrogen and oxygen atoms in total. The summed E-state index contributed by atoms with van der Waals surface area (Å²) in [6.07, 6.45) is 7.35. The van der Waals surface area contributed by atoms with E-state index in [9.17, 15) is 4.79 Å². The van der Waals surface area contributed by atoms with Crippen molar-refractivity contribution in [2.75, 3.05) is 0 Å². The third-order valence-electron chi connectivity index (χ3n) is 3.55. The van der Waals surface area contributed by atoms with E-state index in [1.807, 2.05) is 6.20 Å². The number of rotatable bonds is 2. The van der Waals surface area contributed by atoms with Gasteiger partial charge in [0.15, 0.2) is 0 Å². The topological polar surface area (TPSA) is 47.8 Å². The molecule has 0 bridgehead atoms. The predicted molar refractivity (Wildman–Crippen MR) is 72.7 cm³/mol. The van der Waals surface area contributed by atoms with E-state index < -0.39 is 0 Å². The first-order valence-electron chi connectivity index (χ1n) is 5.82. The monoisotopic (exact) mass is 327 g/mol. The molecular weight excluding hydrogens is 318 g/mol. The maximum Gasteiger partial charge on any atom is 0.146 e. The highest BCUT2D eigenvalue weighted by molar-refractivity contribution is 9.10. The van der Waals surface area contributed by atoms with Crippen LogP contribution in [-0.2, 0) is 4.79 Å². The molecule has 0 spiro atoms. The van der Waals surface area contributed by atoms with Crippen LogP contribution in [0.2, 0.25) is 5.15 Å². The Kier molecular flexibility index (Phi) is 3.11. The zero-order valence-corrected chi connectivity index (χ0v) is 11.9. The van der Waals surface area contributed by atoms with Gasteiger partial charge in [-0.05, 0) is 35.2 Å². The lowest BCUT2D eigenvalue weighted by molar-refractivity contribution is -0.110. The third-order valence-corrected chi connectivity index (χ3v) is 4.44. The quantitative estimate of drug-likeness (QED) is 0.627. The van der Waals surface area contributed by atoms with Crippen LogP contribution in [-0.4, -0.2) is 20.8 Å². The predicted octanol–water partition coefficient (Wildman–Crippen LogP) is 3.39. The summed E-state index contributed by atoms with van der Waals surface area (Å²) in [7, 11) is 0. The Morgan fingerprint density at radius 2 is 2.28 bits per heavy atom. The minimum Gasteiger partial charge on any atom is -0.328 e. The molecule has 1 saturated carbocycles. The standard InChI is InChI=1S/C12H11BrClN3O/c13-9-4-17(8-2-1-7(3-8)5-18)12-10(9)11(14)15-6-16-12/h4-8H,1-3H2. The van der Waals surface area contributed by atoms with Gasteiger partial charge in [-0.25, -0.2) is 9.97 Å². The van der Waals surface area contributed by atoms with Gasteiger partial charge in [-0.3, -0.25) is 0 Å². The second-order valence-corrected chi connectivity index (χ2v) is 5.82. The molecule has 1 aliphatic rings. The van der Waals surface area contributed by atoms with Gasteiger partial charge < -0.3 is 9.36 Å². The molecule has 0 amide bonds. The fraction of sp³-hybridized carbons (Fsp3) is 0.417. The fourth-order valence-electron chi connectivity index (χ4n) is 2.65. The van der Waals surface area contributed by atoms with Crippen LogP contribution >= 0.6 is 27.5 Å². The van der Waals surface area contributed by atoms with Gasteiger partial charge in [-0.1, -0.05) is 11.6 Å². The van der Waals surface area contributed by atoms with Gasteiger partial charge >= 0.3 is 0 Å². The average molecular weight is 329 g/mol. The van der Waals surface area contributed by atoms with E-state index in [1.54, 1.807) is 0 Å². The summed E-state index contributed by atoms with van der Waals surface area (Å²) in [6.45, 7) is 0. The average Bonchev–Trinajstić information content (AvgIpc) is 2.94. The summed E-state index contributed by atoms with van der Waals surface area (Å²) >= 11 is 9.58. The molecule has 3 rings (SSSR count). The number of hydrogen-bond donors (Lipinski definition) is 0. The van der Waals surface area contributed by atoms with Crippen LogP contribution in [0.1, 0.15) is 25.3 Å². The maximum absolute atomic E-state index is 10.8. The summed E-state index contributed by atoms with van der Waals surface area (Å²) < 4.78 is 3.01. The number of nitrogens with zero attached hydrogens (tertiary/aromatic N) is 3. The molecule has 2 heterocycles. The molecular formula is C12H11BrClN3O. The van der Waals surface area contributed by atoms with Crippen molar-refractivity contribution in [1.29, 1.82) is 0 Å². The van der Waals surface area contributed by atoms with Crippen molar-refractivity contribution in [2.24, 2.45) is 5.92 Å². The molecule has 2 atom stereocenters. The molecule has 0 aromatic carbocycles. The molecule has 6 heteroatoms. The number of fused-ring (bicyclic) bond motifs is 1. The van der Waals surface area contributed by atoms with Crippen LogP contribution in [0.25, 0.3) is 11.0 Å².